The minimum absolute atomic E-state index is 0.0704. The maximum Gasteiger partial charge on any atom is 0.241 e. The third-order valence-corrected chi connectivity index (χ3v) is 4.55. The summed E-state index contributed by atoms with van der Waals surface area (Å²) in [4.78, 5) is 11.8. The molecule has 1 unspecified atom stereocenters. The summed E-state index contributed by atoms with van der Waals surface area (Å²) in [6, 6.07) is 3.96. The first-order chi connectivity index (χ1) is 9.28. The Morgan fingerprint density at radius 1 is 1.35 bits per heavy atom. The zero-order chi connectivity index (χ0) is 14.9. The fourth-order valence-corrected chi connectivity index (χ4v) is 3.18. The third kappa shape index (κ3) is 3.71. The summed E-state index contributed by atoms with van der Waals surface area (Å²) in [5, 5.41) is 2.76. The van der Waals surface area contributed by atoms with Crippen LogP contribution >= 0.6 is 0 Å². The van der Waals surface area contributed by atoms with Gasteiger partial charge in [0.2, 0.25) is 15.9 Å². The Morgan fingerprint density at radius 2 is 2.00 bits per heavy atom. The summed E-state index contributed by atoms with van der Waals surface area (Å²) >= 11 is 0. The second-order valence-electron chi connectivity index (χ2n) is 5.21. The van der Waals surface area contributed by atoms with Gasteiger partial charge in [-0.1, -0.05) is 0 Å². The fourth-order valence-electron chi connectivity index (χ4n) is 1.84. The van der Waals surface area contributed by atoms with Gasteiger partial charge in [-0.15, -0.1) is 0 Å². The van der Waals surface area contributed by atoms with Crippen LogP contribution in [0.25, 0.3) is 0 Å². The molecule has 4 N–H and O–H groups in total. The molecule has 1 fully saturated rings. The summed E-state index contributed by atoms with van der Waals surface area (Å²) in [6.45, 7) is 3.28. The van der Waals surface area contributed by atoms with Crippen molar-refractivity contribution in [1.82, 2.24) is 10.0 Å². The maximum absolute atomic E-state index is 12.2. The van der Waals surface area contributed by atoms with Crippen LogP contribution in [0, 0.1) is 6.92 Å². The Kier molecular flexibility index (Phi) is 4.01. The number of carbonyl (C=O) groups is 1. The molecule has 6 nitrogen and oxygen atoms in total. The first-order valence-electron chi connectivity index (χ1n) is 6.48. The number of benzene rings is 1. The molecule has 1 atom stereocenters. The van der Waals surface area contributed by atoms with Crippen molar-refractivity contribution in [2.45, 2.75) is 43.7 Å². The molecular formula is C13H19N3O3S. The predicted molar refractivity (Wildman–Crippen MR) is 76.5 cm³/mol. The number of sulfonamides is 1. The van der Waals surface area contributed by atoms with Crippen molar-refractivity contribution in [3.8, 4) is 0 Å². The Bertz CT molecular complexity index is 603. The molecular weight excluding hydrogens is 278 g/mol. The zero-order valence-electron chi connectivity index (χ0n) is 11.5. The highest BCUT2D eigenvalue weighted by atomic mass is 32.2. The van der Waals surface area contributed by atoms with Crippen molar-refractivity contribution in [2.75, 3.05) is 5.73 Å². The average Bonchev–Trinajstić information content (AvgIpc) is 3.11. The smallest absolute Gasteiger partial charge is 0.241 e. The lowest BCUT2D eigenvalue weighted by atomic mass is 10.2. The lowest BCUT2D eigenvalue weighted by Crippen LogP contribution is -2.45. The number of rotatable bonds is 5. The molecule has 0 aliphatic heterocycles. The minimum Gasteiger partial charge on any atom is -0.399 e. The molecule has 1 saturated carbocycles. The van der Waals surface area contributed by atoms with Crippen molar-refractivity contribution in [3.63, 3.8) is 0 Å². The first-order valence-corrected chi connectivity index (χ1v) is 7.96. The van der Waals surface area contributed by atoms with Gasteiger partial charge in [0, 0.05) is 11.7 Å². The van der Waals surface area contributed by atoms with E-state index < -0.39 is 16.1 Å². The van der Waals surface area contributed by atoms with E-state index in [1.165, 1.54) is 19.1 Å². The predicted octanol–water partition coefficient (Wildman–Crippen LogP) is 0.523. The van der Waals surface area contributed by atoms with Crippen molar-refractivity contribution in [2.24, 2.45) is 0 Å². The Hall–Kier alpha value is -1.60. The molecule has 2 rings (SSSR count). The molecule has 20 heavy (non-hydrogen) atoms. The molecule has 0 heterocycles. The van der Waals surface area contributed by atoms with Gasteiger partial charge in [-0.25, -0.2) is 8.42 Å². The molecule has 0 radical (unpaired) electrons. The van der Waals surface area contributed by atoms with Gasteiger partial charge in [-0.3, -0.25) is 4.79 Å². The average molecular weight is 297 g/mol. The topological polar surface area (TPSA) is 101 Å². The van der Waals surface area contributed by atoms with E-state index in [9.17, 15) is 13.2 Å². The number of aryl methyl sites for hydroxylation is 1. The highest BCUT2D eigenvalue weighted by molar-refractivity contribution is 7.89. The van der Waals surface area contributed by atoms with Crippen LogP contribution in [0.15, 0.2) is 23.1 Å². The van der Waals surface area contributed by atoms with E-state index in [0.717, 1.165) is 18.4 Å². The van der Waals surface area contributed by atoms with Crippen LogP contribution in [0.4, 0.5) is 5.69 Å². The Labute approximate surface area is 118 Å². The number of hydrogen-bond donors (Lipinski definition) is 3. The van der Waals surface area contributed by atoms with E-state index in [1.807, 2.05) is 0 Å². The summed E-state index contributed by atoms with van der Waals surface area (Å²) < 4.78 is 26.8. The van der Waals surface area contributed by atoms with Gasteiger partial charge in [0.25, 0.3) is 0 Å². The van der Waals surface area contributed by atoms with Crippen LogP contribution in [0.1, 0.15) is 25.3 Å². The van der Waals surface area contributed by atoms with E-state index in [2.05, 4.69) is 10.0 Å². The SMILES string of the molecule is Cc1cc(N)cc(S(=O)(=O)NC(C)C(=O)NC2CC2)c1. The first kappa shape index (κ1) is 14.8. The van der Waals surface area contributed by atoms with E-state index in [-0.39, 0.29) is 16.8 Å². The number of nitrogens with one attached hydrogen (secondary N) is 2. The van der Waals surface area contributed by atoms with Crippen LogP contribution in [0.3, 0.4) is 0 Å². The monoisotopic (exact) mass is 297 g/mol. The van der Waals surface area contributed by atoms with Gasteiger partial charge in [0.1, 0.15) is 0 Å². The minimum atomic E-state index is -3.76. The molecule has 0 saturated heterocycles. The largest absolute Gasteiger partial charge is 0.399 e. The highest BCUT2D eigenvalue weighted by Gasteiger charge is 2.28. The normalized spacial score (nSPS) is 16.7. The van der Waals surface area contributed by atoms with Gasteiger partial charge in [-0.2, -0.15) is 4.72 Å². The second-order valence-corrected chi connectivity index (χ2v) is 6.92. The maximum atomic E-state index is 12.2. The van der Waals surface area contributed by atoms with E-state index >= 15 is 0 Å². The molecule has 1 amide bonds. The van der Waals surface area contributed by atoms with Crippen molar-refractivity contribution in [1.29, 1.82) is 0 Å². The van der Waals surface area contributed by atoms with Gasteiger partial charge in [0.15, 0.2) is 0 Å². The molecule has 110 valence electrons. The van der Waals surface area contributed by atoms with Crippen molar-refractivity contribution < 1.29 is 13.2 Å². The van der Waals surface area contributed by atoms with Gasteiger partial charge >= 0.3 is 0 Å². The summed E-state index contributed by atoms with van der Waals surface area (Å²) in [5.74, 6) is -0.309. The standard InChI is InChI=1S/C13H19N3O3S/c1-8-5-10(14)7-12(6-8)20(18,19)16-9(2)13(17)15-11-3-4-11/h5-7,9,11,16H,3-4,14H2,1-2H3,(H,15,17). The van der Waals surface area contributed by atoms with E-state index in [1.54, 1.807) is 13.0 Å². The Morgan fingerprint density at radius 3 is 2.55 bits per heavy atom. The van der Waals surface area contributed by atoms with Crippen LogP contribution in [-0.4, -0.2) is 26.4 Å². The van der Waals surface area contributed by atoms with Crippen molar-refractivity contribution >= 4 is 21.6 Å². The Balaban J connectivity index is 2.11. The van der Waals surface area contributed by atoms with Crippen LogP contribution in [0.5, 0.6) is 0 Å². The number of carbonyl (C=O) groups excluding carboxylic acids is 1. The molecule has 0 bridgehead atoms. The summed E-state index contributed by atoms with van der Waals surface area (Å²) in [7, 11) is -3.76. The quantitative estimate of drug-likeness (QED) is 0.690. The highest BCUT2D eigenvalue weighted by Crippen LogP contribution is 2.19. The van der Waals surface area contributed by atoms with Gasteiger partial charge in [0.05, 0.1) is 10.9 Å². The number of nitrogen functional groups attached to an aromatic ring is 1. The second kappa shape index (κ2) is 5.41. The summed E-state index contributed by atoms with van der Waals surface area (Å²) in [5.41, 5.74) is 6.78. The third-order valence-electron chi connectivity index (χ3n) is 3.03. The van der Waals surface area contributed by atoms with Gasteiger partial charge < -0.3 is 11.1 Å². The lowest BCUT2D eigenvalue weighted by molar-refractivity contribution is -0.122. The van der Waals surface area contributed by atoms with Gasteiger partial charge in [-0.05, 0) is 50.5 Å². The molecule has 0 aromatic heterocycles. The van der Waals surface area contributed by atoms with E-state index in [0.29, 0.717) is 5.69 Å². The zero-order valence-corrected chi connectivity index (χ0v) is 12.3. The number of amides is 1. The number of anilines is 1. The summed E-state index contributed by atoms with van der Waals surface area (Å²) in [6.07, 6.45) is 1.92. The molecule has 1 aliphatic rings. The van der Waals surface area contributed by atoms with E-state index in [4.69, 9.17) is 5.73 Å². The van der Waals surface area contributed by atoms with Crippen LogP contribution < -0.4 is 15.8 Å². The number of hydrogen-bond acceptors (Lipinski definition) is 4. The molecule has 1 aliphatic carbocycles. The molecule has 0 spiro atoms. The van der Waals surface area contributed by atoms with Crippen molar-refractivity contribution in [3.05, 3.63) is 23.8 Å². The van der Waals surface area contributed by atoms with Crippen LogP contribution in [0.2, 0.25) is 0 Å². The number of nitrogens with two attached hydrogens (primary N) is 1. The fraction of sp³-hybridized carbons (Fsp3) is 0.462. The molecule has 1 aromatic carbocycles. The molecule has 1 aromatic rings. The lowest BCUT2D eigenvalue weighted by Gasteiger charge is -2.14. The van der Waals surface area contributed by atoms with Crippen LogP contribution in [-0.2, 0) is 14.8 Å². The molecule has 7 heteroatoms.